The zero-order valence-corrected chi connectivity index (χ0v) is 10.6. The van der Waals surface area contributed by atoms with Crippen LogP contribution in [0.2, 0.25) is 0 Å². The van der Waals surface area contributed by atoms with Crippen molar-refractivity contribution < 1.29 is 0 Å². The number of benzene rings is 1. The minimum atomic E-state index is 0.550. The number of fused-ring (bicyclic) bond motifs is 1. The summed E-state index contributed by atoms with van der Waals surface area (Å²) in [6, 6.07) is 8.67. The lowest BCUT2D eigenvalue weighted by Crippen LogP contribution is -2.19. The second kappa shape index (κ2) is 5.34. The molecule has 0 bridgehead atoms. The third-order valence-electron chi connectivity index (χ3n) is 3.68. The molecule has 3 rings (SSSR count). The summed E-state index contributed by atoms with van der Waals surface area (Å²) in [5, 5.41) is 4.59. The van der Waals surface area contributed by atoms with Crippen LogP contribution in [-0.2, 0) is 0 Å². The van der Waals surface area contributed by atoms with Crippen molar-refractivity contribution in [1.82, 2.24) is 9.97 Å². The zero-order chi connectivity index (χ0) is 12.2. The number of nitrogens with zero attached hydrogens (tertiary/aromatic N) is 2. The molecule has 18 heavy (non-hydrogen) atoms. The molecule has 3 nitrogen and oxygen atoms in total. The first kappa shape index (κ1) is 11.5. The van der Waals surface area contributed by atoms with Crippen LogP contribution >= 0.6 is 0 Å². The number of aromatic nitrogens is 2. The first-order valence-corrected chi connectivity index (χ1v) is 6.90. The Hall–Kier alpha value is -1.64. The maximum absolute atomic E-state index is 4.58. The van der Waals surface area contributed by atoms with E-state index in [9.17, 15) is 0 Å². The molecule has 1 aliphatic carbocycles. The van der Waals surface area contributed by atoms with Gasteiger partial charge in [0.05, 0.1) is 5.52 Å². The van der Waals surface area contributed by atoms with E-state index >= 15 is 0 Å². The Kier molecular flexibility index (Phi) is 3.40. The SMILES string of the molecule is c1ccc2nc(NC3CCCCCC3)ncc2c1. The Bertz CT molecular complexity index is 516. The summed E-state index contributed by atoms with van der Waals surface area (Å²) in [6.07, 6.45) is 9.79. The second-order valence-electron chi connectivity index (χ2n) is 5.09. The van der Waals surface area contributed by atoms with Gasteiger partial charge in [-0.15, -0.1) is 0 Å². The monoisotopic (exact) mass is 241 g/mol. The highest BCUT2D eigenvalue weighted by molar-refractivity contribution is 5.78. The lowest BCUT2D eigenvalue weighted by atomic mass is 10.1. The number of nitrogens with one attached hydrogen (secondary N) is 1. The quantitative estimate of drug-likeness (QED) is 0.813. The molecule has 1 fully saturated rings. The zero-order valence-electron chi connectivity index (χ0n) is 10.6. The summed E-state index contributed by atoms with van der Waals surface area (Å²) in [6.45, 7) is 0. The highest BCUT2D eigenvalue weighted by atomic mass is 15.1. The van der Waals surface area contributed by atoms with Crippen LogP contribution in [0.15, 0.2) is 30.5 Å². The topological polar surface area (TPSA) is 37.8 Å². The second-order valence-corrected chi connectivity index (χ2v) is 5.09. The van der Waals surface area contributed by atoms with E-state index in [-0.39, 0.29) is 0 Å². The fraction of sp³-hybridized carbons (Fsp3) is 0.467. The molecule has 1 aromatic carbocycles. The Balaban J connectivity index is 1.77. The molecule has 0 aliphatic heterocycles. The van der Waals surface area contributed by atoms with Crippen molar-refractivity contribution in [2.45, 2.75) is 44.6 Å². The van der Waals surface area contributed by atoms with Gasteiger partial charge < -0.3 is 5.32 Å². The van der Waals surface area contributed by atoms with Crippen LogP contribution in [0.5, 0.6) is 0 Å². The largest absolute Gasteiger partial charge is 0.351 e. The average Bonchev–Trinajstić information content (AvgIpc) is 2.67. The minimum Gasteiger partial charge on any atom is -0.351 e. The maximum Gasteiger partial charge on any atom is 0.223 e. The lowest BCUT2D eigenvalue weighted by Gasteiger charge is -2.16. The predicted molar refractivity (Wildman–Crippen MR) is 74.7 cm³/mol. The van der Waals surface area contributed by atoms with E-state index in [2.05, 4.69) is 15.3 Å². The molecule has 1 N–H and O–H groups in total. The Morgan fingerprint density at radius 3 is 2.61 bits per heavy atom. The number of para-hydroxylation sites is 1. The summed E-state index contributed by atoms with van der Waals surface area (Å²) in [7, 11) is 0. The molecular weight excluding hydrogens is 222 g/mol. The first-order chi connectivity index (χ1) is 8.92. The van der Waals surface area contributed by atoms with Crippen molar-refractivity contribution >= 4 is 16.9 Å². The Morgan fingerprint density at radius 1 is 1.00 bits per heavy atom. The smallest absolute Gasteiger partial charge is 0.223 e. The molecule has 0 atom stereocenters. The molecule has 1 saturated carbocycles. The number of anilines is 1. The van der Waals surface area contributed by atoms with Gasteiger partial charge in [-0.1, -0.05) is 43.9 Å². The van der Waals surface area contributed by atoms with E-state index in [4.69, 9.17) is 0 Å². The van der Waals surface area contributed by atoms with Crippen LogP contribution in [0, 0.1) is 0 Å². The van der Waals surface area contributed by atoms with Crippen molar-refractivity contribution in [2.75, 3.05) is 5.32 Å². The molecule has 3 heteroatoms. The van der Waals surface area contributed by atoms with E-state index < -0.39 is 0 Å². The van der Waals surface area contributed by atoms with Crippen molar-refractivity contribution in [1.29, 1.82) is 0 Å². The van der Waals surface area contributed by atoms with Crippen molar-refractivity contribution in [3.8, 4) is 0 Å². The lowest BCUT2D eigenvalue weighted by molar-refractivity contribution is 0.615. The standard InChI is InChI=1S/C15H19N3/c1-2-4-9-13(8-3-1)17-15-16-11-12-7-5-6-10-14(12)18-15/h5-7,10-11,13H,1-4,8-9H2,(H,16,17,18). The summed E-state index contributed by atoms with van der Waals surface area (Å²) < 4.78 is 0. The Labute approximate surface area is 108 Å². The molecule has 0 amide bonds. The van der Waals surface area contributed by atoms with E-state index in [1.54, 1.807) is 0 Å². The highest BCUT2D eigenvalue weighted by Gasteiger charge is 2.12. The van der Waals surface area contributed by atoms with Crippen molar-refractivity contribution in [3.05, 3.63) is 30.5 Å². The van der Waals surface area contributed by atoms with Crippen LogP contribution in [0.25, 0.3) is 10.9 Å². The number of rotatable bonds is 2. The molecule has 1 aliphatic rings. The van der Waals surface area contributed by atoms with Crippen LogP contribution < -0.4 is 5.32 Å². The number of hydrogen-bond donors (Lipinski definition) is 1. The maximum atomic E-state index is 4.58. The van der Waals surface area contributed by atoms with Gasteiger partial charge in [0.15, 0.2) is 0 Å². The van der Waals surface area contributed by atoms with E-state index in [0.29, 0.717) is 6.04 Å². The van der Waals surface area contributed by atoms with Crippen LogP contribution in [0.1, 0.15) is 38.5 Å². The number of hydrogen-bond acceptors (Lipinski definition) is 3. The molecule has 0 unspecified atom stereocenters. The molecule has 2 aromatic rings. The summed E-state index contributed by atoms with van der Waals surface area (Å²) >= 11 is 0. The van der Waals surface area contributed by atoms with E-state index in [1.165, 1.54) is 38.5 Å². The van der Waals surface area contributed by atoms with Gasteiger partial charge in [-0.25, -0.2) is 9.97 Å². The molecular formula is C15H19N3. The van der Waals surface area contributed by atoms with Gasteiger partial charge in [0.2, 0.25) is 5.95 Å². The van der Waals surface area contributed by atoms with Gasteiger partial charge in [0.1, 0.15) is 0 Å². The van der Waals surface area contributed by atoms with Gasteiger partial charge in [0.25, 0.3) is 0 Å². The molecule has 1 heterocycles. The van der Waals surface area contributed by atoms with E-state index in [1.807, 2.05) is 30.5 Å². The van der Waals surface area contributed by atoms with Gasteiger partial charge in [-0.05, 0) is 18.9 Å². The van der Waals surface area contributed by atoms with Crippen LogP contribution in [0.4, 0.5) is 5.95 Å². The highest BCUT2D eigenvalue weighted by Crippen LogP contribution is 2.20. The predicted octanol–water partition coefficient (Wildman–Crippen LogP) is 3.76. The van der Waals surface area contributed by atoms with Gasteiger partial charge in [0, 0.05) is 17.6 Å². The normalized spacial score (nSPS) is 17.6. The Morgan fingerprint density at radius 2 is 1.78 bits per heavy atom. The average molecular weight is 241 g/mol. The van der Waals surface area contributed by atoms with Crippen LogP contribution in [0.3, 0.4) is 0 Å². The summed E-state index contributed by atoms with van der Waals surface area (Å²) in [5.41, 5.74) is 1.02. The van der Waals surface area contributed by atoms with E-state index in [0.717, 1.165) is 16.9 Å². The molecule has 0 saturated heterocycles. The first-order valence-electron chi connectivity index (χ1n) is 6.90. The van der Waals surface area contributed by atoms with Gasteiger partial charge in [-0.3, -0.25) is 0 Å². The molecule has 0 radical (unpaired) electrons. The van der Waals surface area contributed by atoms with Crippen molar-refractivity contribution in [2.24, 2.45) is 0 Å². The third kappa shape index (κ3) is 2.61. The molecule has 0 spiro atoms. The third-order valence-corrected chi connectivity index (χ3v) is 3.68. The van der Waals surface area contributed by atoms with Gasteiger partial charge >= 0.3 is 0 Å². The van der Waals surface area contributed by atoms with Crippen molar-refractivity contribution in [3.63, 3.8) is 0 Å². The molecule has 1 aromatic heterocycles. The molecule has 94 valence electrons. The van der Waals surface area contributed by atoms with Gasteiger partial charge in [-0.2, -0.15) is 0 Å². The summed E-state index contributed by atoms with van der Waals surface area (Å²) in [5.74, 6) is 0.778. The summed E-state index contributed by atoms with van der Waals surface area (Å²) in [4.78, 5) is 8.99. The fourth-order valence-electron chi connectivity index (χ4n) is 2.65. The van der Waals surface area contributed by atoms with Crippen LogP contribution in [-0.4, -0.2) is 16.0 Å². The fourth-order valence-corrected chi connectivity index (χ4v) is 2.65. The minimum absolute atomic E-state index is 0.550.